The number of amides is 1. The Morgan fingerprint density at radius 1 is 1.29 bits per heavy atom. The summed E-state index contributed by atoms with van der Waals surface area (Å²) in [5, 5.41) is 27.3. The van der Waals surface area contributed by atoms with Crippen LogP contribution in [0, 0.1) is 0 Å². The Morgan fingerprint density at radius 3 is 2.52 bits per heavy atom. The van der Waals surface area contributed by atoms with Crippen molar-refractivity contribution in [1.29, 1.82) is 0 Å². The highest BCUT2D eigenvalue weighted by molar-refractivity contribution is 5.96. The van der Waals surface area contributed by atoms with Gasteiger partial charge in [-0.2, -0.15) is 0 Å². The SMILES string of the molecule is O=C(N[C@H](CCO)C(=O)O)c1ccc(-c2nnco2)cc1. The summed E-state index contributed by atoms with van der Waals surface area (Å²) in [6.45, 7) is -0.326. The Labute approximate surface area is 119 Å². The van der Waals surface area contributed by atoms with Gasteiger partial charge in [0.1, 0.15) is 6.04 Å². The van der Waals surface area contributed by atoms with Crippen molar-refractivity contribution >= 4 is 11.9 Å². The molecule has 8 heteroatoms. The van der Waals surface area contributed by atoms with Crippen LogP contribution in [0.4, 0.5) is 0 Å². The van der Waals surface area contributed by atoms with E-state index in [1.165, 1.54) is 18.5 Å². The lowest BCUT2D eigenvalue weighted by molar-refractivity contribution is -0.139. The number of benzene rings is 1. The summed E-state index contributed by atoms with van der Waals surface area (Å²) in [6, 6.07) is 5.15. The molecule has 21 heavy (non-hydrogen) atoms. The fourth-order valence-electron chi connectivity index (χ4n) is 1.69. The van der Waals surface area contributed by atoms with Gasteiger partial charge in [-0.15, -0.1) is 10.2 Å². The van der Waals surface area contributed by atoms with Crippen molar-refractivity contribution < 1.29 is 24.2 Å². The molecule has 0 saturated carbocycles. The third-order valence-electron chi connectivity index (χ3n) is 2.78. The second-order valence-corrected chi connectivity index (χ2v) is 4.20. The van der Waals surface area contributed by atoms with Gasteiger partial charge in [0, 0.05) is 24.2 Å². The molecule has 0 spiro atoms. The Kier molecular flexibility index (Phi) is 4.62. The normalized spacial score (nSPS) is 11.9. The second kappa shape index (κ2) is 6.62. The van der Waals surface area contributed by atoms with E-state index >= 15 is 0 Å². The van der Waals surface area contributed by atoms with Gasteiger partial charge in [-0.25, -0.2) is 4.79 Å². The zero-order chi connectivity index (χ0) is 15.2. The van der Waals surface area contributed by atoms with Gasteiger partial charge in [-0.05, 0) is 24.3 Å². The van der Waals surface area contributed by atoms with Crippen molar-refractivity contribution in [3.05, 3.63) is 36.2 Å². The van der Waals surface area contributed by atoms with Gasteiger partial charge in [0.2, 0.25) is 12.3 Å². The number of hydrogen-bond donors (Lipinski definition) is 3. The largest absolute Gasteiger partial charge is 0.480 e. The number of carboxylic acid groups (broad SMARTS) is 1. The predicted molar refractivity (Wildman–Crippen MR) is 70.3 cm³/mol. The Hall–Kier alpha value is -2.74. The van der Waals surface area contributed by atoms with Crippen LogP contribution in [0.2, 0.25) is 0 Å². The molecule has 0 saturated heterocycles. The van der Waals surface area contributed by atoms with Crippen LogP contribution in [-0.2, 0) is 4.79 Å². The van der Waals surface area contributed by atoms with Crippen molar-refractivity contribution in [1.82, 2.24) is 15.5 Å². The zero-order valence-electron chi connectivity index (χ0n) is 10.9. The number of carbonyl (C=O) groups excluding carboxylic acids is 1. The first-order valence-corrected chi connectivity index (χ1v) is 6.13. The van der Waals surface area contributed by atoms with Crippen LogP contribution < -0.4 is 5.32 Å². The minimum absolute atomic E-state index is 0.0544. The van der Waals surface area contributed by atoms with Gasteiger partial charge >= 0.3 is 5.97 Å². The number of aliphatic hydroxyl groups excluding tert-OH is 1. The lowest BCUT2D eigenvalue weighted by Gasteiger charge is -2.13. The first kappa shape index (κ1) is 14.7. The number of aliphatic carboxylic acids is 1. The molecule has 1 heterocycles. The van der Waals surface area contributed by atoms with E-state index in [1.54, 1.807) is 12.1 Å². The first-order valence-electron chi connectivity index (χ1n) is 6.13. The molecule has 2 aromatic rings. The van der Waals surface area contributed by atoms with E-state index in [9.17, 15) is 9.59 Å². The summed E-state index contributed by atoms with van der Waals surface area (Å²) in [5.41, 5.74) is 0.941. The van der Waals surface area contributed by atoms with Crippen molar-refractivity contribution in [2.45, 2.75) is 12.5 Å². The second-order valence-electron chi connectivity index (χ2n) is 4.20. The van der Waals surface area contributed by atoms with Gasteiger partial charge in [-0.1, -0.05) is 0 Å². The summed E-state index contributed by atoms with van der Waals surface area (Å²) in [5.74, 6) is -1.40. The Bertz CT molecular complexity index is 609. The smallest absolute Gasteiger partial charge is 0.326 e. The summed E-state index contributed by atoms with van der Waals surface area (Å²) in [7, 11) is 0. The van der Waals surface area contributed by atoms with Crippen LogP contribution >= 0.6 is 0 Å². The number of hydrogen-bond acceptors (Lipinski definition) is 6. The molecule has 0 aliphatic rings. The number of nitrogens with zero attached hydrogens (tertiary/aromatic N) is 2. The number of carbonyl (C=O) groups is 2. The minimum atomic E-state index is -1.19. The summed E-state index contributed by atoms with van der Waals surface area (Å²) >= 11 is 0. The molecule has 0 aliphatic heterocycles. The maximum absolute atomic E-state index is 11.9. The molecule has 1 aromatic heterocycles. The average Bonchev–Trinajstić information content (AvgIpc) is 3.01. The van der Waals surface area contributed by atoms with E-state index < -0.39 is 17.9 Å². The Morgan fingerprint density at radius 2 is 2.00 bits per heavy atom. The lowest BCUT2D eigenvalue weighted by Crippen LogP contribution is -2.41. The topological polar surface area (TPSA) is 126 Å². The number of carboxylic acids is 1. The summed E-state index contributed by atoms with van der Waals surface area (Å²) in [4.78, 5) is 22.8. The number of aliphatic hydroxyl groups is 1. The van der Waals surface area contributed by atoms with Gasteiger partial charge in [0.25, 0.3) is 5.91 Å². The van der Waals surface area contributed by atoms with Gasteiger partial charge < -0.3 is 19.9 Å². The monoisotopic (exact) mass is 291 g/mol. The molecule has 2 rings (SSSR count). The molecule has 0 radical (unpaired) electrons. The highest BCUT2D eigenvalue weighted by Crippen LogP contribution is 2.16. The number of aromatic nitrogens is 2. The van der Waals surface area contributed by atoms with Crippen LogP contribution in [0.5, 0.6) is 0 Å². The van der Waals surface area contributed by atoms with Crippen molar-refractivity contribution in [3.63, 3.8) is 0 Å². The molecule has 1 amide bonds. The molecule has 8 nitrogen and oxygen atoms in total. The van der Waals surface area contributed by atoms with Crippen molar-refractivity contribution in [2.24, 2.45) is 0 Å². The molecule has 110 valence electrons. The third kappa shape index (κ3) is 3.63. The number of nitrogens with one attached hydrogen (secondary N) is 1. The summed E-state index contributed by atoms with van der Waals surface area (Å²) in [6.07, 6.45) is 1.14. The zero-order valence-corrected chi connectivity index (χ0v) is 10.9. The van der Waals surface area contributed by atoms with E-state index in [1.807, 2.05) is 0 Å². The van der Waals surface area contributed by atoms with Crippen LogP contribution in [0.15, 0.2) is 35.1 Å². The van der Waals surface area contributed by atoms with Crippen LogP contribution in [0.25, 0.3) is 11.5 Å². The van der Waals surface area contributed by atoms with E-state index in [2.05, 4.69) is 15.5 Å². The summed E-state index contributed by atoms with van der Waals surface area (Å²) < 4.78 is 5.02. The molecule has 0 bridgehead atoms. The van der Waals surface area contributed by atoms with Gasteiger partial charge in [0.15, 0.2) is 0 Å². The van der Waals surface area contributed by atoms with Crippen LogP contribution in [0.3, 0.4) is 0 Å². The fraction of sp³-hybridized carbons (Fsp3) is 0.231. The first-order chi connectivity index (χ1) is 10.1. The van der Waals surface area contributed by atoms with Gasteiger partial charge in [-0.3, -0.25) is 4.79 Å². The lowest BCUT2D eigenvalue weighted by atomic mass is 10.1. The quantitative estimate of drug-likeness (QED) is 0.698. The van der Waals surface area contributed by atoms with Crippen molar-refractivity contribution in [2.75, 3.05) is 6.61 Å². The van der Waals surface area contributed by atoms with Crippen LogP contribution in [0.1, 0.15) is 16.8 Å². The average molecular weight is 291 g/mol. The fourth-order valence-corrected chi connectivity index (χ4v) is 1.69. The highest BCUT2D eigenvalue weighted by atomic mass is 16.4. The molecule has 0 unspecified atom stereocenters. The molecule has 0 fully saturated rings. The molecular formula is C13H13N3O5. The predicted octanol–water partition coefficient (Wildman–Crippen LogP) is 0.302. The number of rotatable bonds is 6. The van der Waals surface area contributed by atoms with E-state index in [4.69, 9.17) is 14.6 Å². The maximum Gasteiger partial charge on any atom is 0.326 e. The van der Waals surface area contributed by atoms with E-state index in [0.29, 0.717) is 17.0 Å². The molecule has 1 atom stereocenters. The van der Waals surface area contributed by atoms with E-state index in [0.717, 1.165) is 0 Å². The van der Waals surface area contributed by atoms with Gasteiger partial charge in [0.05, 0.1) is 0 Å². The standard InChI is InChI=1S/C13H13N3O5/c17-6-5-10(13(19)20)15-11(18)8-1-3-9(4-2-8)12-16-14-7-21-12/h1-4,7,10,17H,5-6H2,(H,15,18)(H,19,20)/t10-/m1/s1. The third-order valence-corrected chi connectivity index (χ3v) is 2.78. The molecule has 0 aliphatic carbocycles. The Balaban J connectivity index is 2.07. The van der Waals surface area contributed by atoms with Crippen molar-refractivity contribution in [3.8, 4) is 11.5 Å². The minimum Gasteiger partial charge on any atom is -0.480 e. The molecule has 1 aromatic carbocycles. The maximum atomic E-state index is 11.9. The van der Waals surface area contributed by atoms with Crippen LogP contribution in [-0.4, -0.2) is 44.9 Å². The molecule has 3 N–H and O–H groups in total. The highest BCUT2D eigenvalue weighted by Gasteiger charge is 2.20. The van der Waals surface area contributed by atoms with E-state index in [-0.39, 0.29) is 13.0 Å². The molecular weight excluding hydrogens is 278 g/mol.